The zero-order chi connectivity index (χ0) is 31.6. The standard InChI is InChI=1S/C37H70O6/c1-4-7-10-13-16-18-21-24-27-30-36(39)42-33-34(32-41-35(38)29-26-23-20-15-12-9-6-3)43-37(40)31-28-25-22-19-17-14-11-8-5-2/h34H,4-33H2,1-3H3/t34-/m0/s1. The topological polar surface area (TPSA) is 78.9 Å². The summed E-state index contributed by atoms with van der Waals surface area (Å²) in [5.41, 5.74) is 0. The molecule has 0 aromatic rings. The Hall–Kier alpha value is -1.59. The van der Waals surface area contributed by atoms with E-state index in [2.05, 4.69) is 20.8 Å². The number of hydrogen-bond donors (Lipinski definition) is 0. The maximum Gasteiger partial charge on any atom is 0.306 e. The molecule has 0 amide bonds. The Labute approximate surface area is 266 Å². The predicted molar refractivity (Wildman–Crippen MR) is 178 cm³/mol. The molecule has 6 nitrogen and oxygen atoms in total. The Kier molecular flexibility index (Phi) is 32.1. The molecule has 0 aliphatic carbocycles. The largest absolute Gasteiger partial charge is 0.462 e. The molecule has 0 spiro atoms. The Morgan fingerprint density at radius 3 is 0.930 bits per heavy atom. The van der Waals surface area contributed by atoms with E-state index < -0.39 is 6.10 Å². The van der Waals surface area contributed by atoms with E-state index in [1.54, 1.807) is 0 Å². The highest BCUT2D eigenvalue weighted by molar-refractivity contribution is 5.71. The van der Waals surface area contributed by atoms with Crippen LogP contribution in [-0.2, 0) is 28.6 Å². The zero-order valence-electron chi connectivity index (χ0n) is 28.7. The summed E-state index contributed by atoms with van der Waals surface area (Å²) in [5, 5.41) is 0. The minimum Gasteiger partial charge on any atom is -0.462 e. The van der Waals surface area contributed by atoms with Crippen molar-refractivity contribution >= 4 is 17.9 Å². The van der Waals surface area contributed by atoms with E-state index in [9.17, 15) is 14.4 Å². The van der Waals surface area contributed by atoms with Crippen LogP contribution in [0.4, 0.5) is 0 Å². The lowest BCUT2D eigenvalue weighted by atomic mass is 10.1. The quantitative estimate of drug-likeness (QED) is 0.0418. The molecule has 0 rings (SSSR count). The number of carbonyl (C=O) groups excluding carboxylic acids is 3. The molecule has 6 heteroatoms. The molecule has 43 heavy (non-hydrogen) atoms. The number of carbonyl (C=O) groups is 3. The van der Waals surface area contributed by atoms with E-state index in [0.29, 0.717) is 19.3 Å². The summed E-state index contributed by atoms with van der Waals surface area (Å²) in [6.07, 6.45) is 29.5. The SMILES string of the molecule is CCCCCCCCCCCC(=O)OC[C@H](COC(=O)CCCCCCCCC)OC(=O)CCCCCCCCCCC. The molecule has 0 fully saturated rings. The molecule has 0 bridgehead atoms. The number of ether oxygens (including phenoxy) is 3. The van der Waals surface area contributed by atoms with Crippen LogP contribution >= 0.6 is 0 Å². The minimum absolute atomic E-state index is 0.0650. The van der Waals surface area contributed by atoms with Gasteiger partial charge in [0.25, 0.3) is 0 Å². The molecule has 0 aliphatic rings. The first-order valence-corrected chi connectivity index (χ1v) is 18.5. The molecule has 0 aromatic heterocycles. The molecule has 0 radical (unpaired) electrons. The van der Waals surface area contributed by atoms with Gasteiger partial charge in [0.1, 0.15) is 13.2 Å². The Balaban J connectivity index is 4.34. The van der Waals surface area contributed by atoms with Gasteiger partial charge < -0.3 is 14.2 Å². The minimum atomic E-state index is -0.754. The summed E-state index contributed by atoms with van der Waals surface area (Å²) in [6.45, 7) is 6.54. The lowest BCUT2D eigenvalue weighted by molar-refractivity contribution is -0.167. The molecule has 1 atom stereocenters. The van der Waals surface area contributed by atoms with Crippen molar-refractivity contribution in [1.82, 2.24) is 0 Å². The van der Waals surface area contributed by atoms with Gasteiger partial charge in [-0.15, -0.1) is 0 Å². The van der Waals surface area contributed by atoms with Crippen molar-refractivity contribution in [2.45, 2.75) is 207 Å². The number of rotatable bonds is 33. The molecule has 254 valence electrons. The average Bonchev–Trinajstić information content (AvgIpc) is 3.00. The molecule has 0 saturated carbocycles. The van der Waals surface area contributed by atoms with Crippen LogP contribution < -0.4 is 0 Å². The van der Waals surface area contributed by atoms with Gasteiger partial charge in [-0.25, -0.2) is 0 Å². The second kappa shape index (κ2) is 33.3. The Morgan fingerprint density at radius 1 is 0.372 bits per heavy atom. The third kappa shape index (κ3) is 31.6. The van der Waals surface area contributed by atoms with Crippen molar-refractivity contribution in [3.8, 4) is 0 Å². The summed E-state index contributed by atoms with van der Waals surface area (Å²) >= 11 is 0. The number of unbranched alkanes of at least 4 members (excludes halogenated alkanes) is 22. The van der Waals surface area contributed by atoms with Gasteiger partial charge in [-0.3, -0.25) is 14.4 Å². The number of esters is 3. The summed E-state index contributed by atoms with van der Waals surface area (Å²) in [6, 6.07) is 0. The van der Waals surface area contributed by atoms with Gasteiger partial charge in [-0.2, -0.15) is 0 Å². The fraction of sp³-hybridized carbons (Fsp3) is 0.919. The lowest BCUT2D eigenvalue weighted by Gasteiger charge is -2.18. The van der Waals surface area contributed by atoms with Crippen molar-refractivity contribution in [3.05, 3.63) is 0 Å². The second-order valence-corrected chi connectivity index (χ2v) is 12.5. The van der Waals surface area contributed by atoms with Crippen molar-refractivity contribution in [2.24, 2.45) is 0 Å². The molecule has 0 N–H and O–H groups in total. The smallest absolute Gasteiger partial charge is 0.306 e. The molecular formula is C37H70O6. The summed E-state index contributed by atoms with van der Waals surface area (Å²) < 4.78 is 16.5. The Morgan fingerprint density at radius 2 is 0.628 bits per heavy atom. The van der Waals surface area contributed by atoms with Crippen LogP contribution in [-0.4, -0.2) is 37.2 Å². The van der Waals surface area contributed by atoms with Crippen LogP contribution in [0, 0.1) is 0 Å². The average molecular weight is 611 g/mol. The van der Waals surface area contributed by atoms with E-state index in [4.69, 9.17) is 14.2 Å². The fourth-order valence-electron chi connectivity index (χ4n) is 5.26. The molecule has 0 heterocycles. The van der Waals surface area contributed by atoms with Crippen LogP contribution in [0.3, 0.4) is 0 Å². The van der Waals surface area contributed by atoms with Crippen LogP contribution in [0.1, 0.15) is 201 Å². The summed E-state index contributed by atoms with van der Waals surface area (Å²) in [5.74, 6) is -0.877. The van der Waals surface area contributed by atoms with Gasteiger partial charge in [0.2, 0.25) is 0 Å². The summed E-state index contributed by atoms with van der Waals surface area (Å²) in [4.78, 5) is 37.1. The van der Waals surface area contributed by atoms with Gasteiger partial charge >= 0.3 is 17.9 Å². The number of hydrogen-bond acceptors (Lipinski definition) is 6. The fourth-order valence-corrected chi connectivity index (χ4v) is 5.26. The van der Waals surface area contributed by atoms with E-state index in [-0.39, 0.29) is 31.1 Å². The third-order valence-corrected chi connectivity index (χ3v) is 8.11. The van der Waals surface area contributed by atoms with Crippen LogP contribution in [0.25, 0.3) is 0 Å². The van der Waals surface area contributed by atoms with Crippen molar-refractivity contribution < 1.29 is 28.6 Å². The van der Waals surface area contributed by atoms with Crippen molar-refractivity contribution in [1.29, 1.82) is 0 Å². The molecule has 0 aliphatic heterocycles. The highest BCUT2D eigenvalue weighted by atomic mass is 16.6. The van der Waals surface area contributed by atoms with E-state index >= 15 is 0 Å². The Bertz CT molecular complexity index is 635. The maximum absolute atomic E-state index is 12.5. The van der Waals surface area contributed by atoms with Gasteiger partial charge in [-0.1, -0.05) is 162 Å². The summed E-state index contributed by atoms with van der Waals surface area (Å²) in [7, 11) is 0. The maximum atomic E-state index is 12.5. The monoisotopic (exact) mass is 611 g/mol. The zero-order valence-corrected chi connectivity index (χ0v) is 28.7. The first-order valence-electron chi connectivity index (χ1n) is 18.5. The van der Waals surface area contributed by atoms with Crippen LogP contribution in [0.15, 0.2) is 0 Å². The van der Waals surface area contributed by atoms with Crippen LogP contribution in [0.5, 0.6) is 0 Å². The lowest BCUT2D eigenvalue weighted by Crippen LogP contribution is -2.30. The highest BCUT2D eigenvalue weighted by Crippen LogP contribution is 2.14. The normalized spacial score (nSPS) is 11.8. The van der Waals surface area contributed by atoms with Gasteiger partial charge in [0.05, 0.1) is 0 Å². The first-order chi connectivity index (χ1) is 21.0. The predicted octanol–water partition coefficient (Wildman–Crippen LogP) is 11.0. The van der Waals surface area contributed by atoms with Crippen molar-refractivity contribution in [3.63, 3.8) is 0 Å². The van der Waals surface area contributed by atoms with E-state index in [1.807, 2.05) is 0 Å². The van der Waals surface area contributed by atoms with Crippen LogP contribution in [0.2, 0.25) is 0 Å². The second-order valence-electron chi connectivity index (χ2n) is 12.5. The van der Waals surface area contributed by atoms with E-state index in [0.717, 1.165) is 57.8 Å². The molecule has 0 aromatic carbocycles. The molecule has 0 unspecified atom stereocenters. The van der Waals surface area contributed by atoms with Gasteiger partial charge in [0, 0.05) is 19.3 Å². The van der Waals surface area contributed by atoms with Gasteiger partial charge in [-0.05, 0) is 19.3 Å². The molecule has 0 saturated heterocycles. The van der Waals surface area contributed by atoms with E-state index in [1.165, 1.54) is 103 Å². The highest BCUT2D eigenvalue weighted by Gasteiger charge is 2.19. The van der Waals surface area contributed by atoms with Crippen molar-refractivity contribution in [2.75, 3.05) is 13.2 Å². The first kappa shape index (κ1) is 41.4. The third-order valence-electron chi connectivity index (χ3n) is 8.11. The van der Waals surface area contributed by atoms with Gasteiger partial charge in [0.15, 0.2) is 6.10 Å². The molecular weight excluding hydrogens is 540 g/mol.